The molecule has 29 heavy (non-hydrogen) atoms. The zero-order valence-electron chi connectivity index (χ0n) is 17.4. The van der Waals surface area contributed by atoms with E-state index in [1.54, 1.807) is 18.2 Å². The van der Waals surface area contributed by atoms with Crippen LogP contribution in [0.15, 0.2) is 45.8 Å². The number of nitrogens with one attached hydrogen (secondary N) is 1. The summed E-state index contributed by atoms with van der Waals surface area (Å²) in [5.74, 6) is 1.18. The molecule has 3 aromatic rings. The number of hydrogen-bond donors (Lipinski definition) is 1. The lowest BCUT2D eigenvalue weighted by Gasteiger charge is -2.12. The van der Waals surface area contributed by atoms with E-state index < -0.39 is 10.0 Å². The van der Waals surface area contributed by atoms with E-state index in [4.69, 9.17) is 9.26 Å². The van der Waals surface area contributed by atoms with Crippen LogP contribution in [0.1, 0.15) is 37.8 Å². The number of aryl methyl sites for hydroxylation is 2. The molecule has 1 N–H and O–H groups in total. The van der Waals surface area contributed by atoms with E-state index in [9.17, 15) is 8.42 Å². The van der Waals surface area contributed by atoms with Gasteiger partial charge in [0.25, 0.3) is 10.0 Å². The van der Waals surface area contributed by atoms with Crippen LogP contribution in [-0.4, -0.2) is 25.7 Å². The molecule has 0 unspecified atom stereocenters. The first-order valence-corrected chi connectivity index (χ1v) is 10.6. The lowest BCUT2D eigenvalue weighted by molar-refractivity contribution is 0.321. The minimum atomic E-state index is -3.81. The summed E-state index contributed by atoms with van der Waals surface area (Å²) in [7, 11) is -2.31. The number of aromatic nitrogens is 2. The van der Waals surface area contributed by atoms with Crippen molar-refractivity contribution in [1.29, 1.82) is 0 Å². The summed E-state index contributed by atoms with van der Waals surface area (Å²) in [6, 6.07) is 9.96. The number of hydrogen-bond acceptors (Lipinski definition) is 6. The largest absolute Gasteiger partial charge is 0.496 e. The molecule has 0 radical (unpaired) electrons. The normalized spacial score (nSPS) is 12.1. The Morgan fingerprint density at radius 3 is 2.34 bits per heavy atom. The van der Waals surface area contributed by atoms with Crippen molar-refractivity contribution in [1.82, 2.24) is 10.1 Å². The number of benzene rings is 2. The summed E-state index contributed by atoms with van der Waals surface area (Å²) in [5.41, 5.74) is 2.70. The Morgan fingerprint density at radius 2 is 1.76 bits per heavy atom. The third kappa shape index (κ3) is 4.42. The molecule has 1 aromatic heterocycles. The smallest absolute Gasteiger partial charge is 0.261 e. The van der Waals surface area contributed by atoms with Crippen molar-refractivity contribution < 1.29 is 17.7 Å². The fourth-order valence-corrected chi connectivity index (χ4v) is 3.76. The quantitative estimate of drug-likeness (QED) is 0.661. The molecular weight excluding hydrogens is 390 g/mol. The van der Waals surface area contributed by atoms with Gasteiger partial charge in [-0.1, -0.05) is 32.0 Å². The maximum Gasteiger partial charge on any atom is 0.261 e. The van der Waals surface area contributed by atoms with Crippen molar-refractivity contribution in [3.05, 3.63) is 53.4 Å². The summed E-state index contributed by atoms with van der Waals surface area (Å²) in [4.78, 5) is 4.49. The fourth-order valence-electron chi connectivity index (χ4n) is 2.69. The van der Waals surface area contributed by atoms with Gasteiger partial charge in [-0.05, 0) is 55.3 Å². The second-order valence-electron chi connectivity index (χ2n) is 7.94. The Morgan fingerprint density at radius 1 is 1.03 bits per heavy atom. The predicted molar refractivity (Wildman–Crippen MR) is 112 cm³/mol. The van der Waals surface area contributed by atoms with Gasteiger partial charge in [-0.25, -0.2) is 8.42 Å². The van der Waals surface area contributed by atoms with Crippen LogP contribution in [0.5, 0.6) is 5.75 Å². The van der Waals surface area contributed by atoms with Gasteiger partial charge in [-0.2, -0.15) is 4.98 Å². The Bertz CT molecular complexity index is 1140. The first kappa shape index (κ1) is 20.9. The summed E-state index contributed by atoms with van der Waals surface area (Å²) >= 11 is 0. The average Bonchev–Trinajstić information content (AvgIpc) is 3.14. The van der Waals surface area contributed by atoms with E-state index in [1.165, 1.54) is 19.2 Å². The molecule has 0 aliphatic carbocycles. The molecule has 0 fully saturated rings. The molecule has 8 heteroatoms. The van der Waals surface area contributed by atoms with Crippen LogP contribution in [0, 0.1) is 13.8 Å². The van der Waals surface area contributed by atoms with Crippen molar-refractivity contribution in [3.8, 4) is 17.1 Å². The highest BCUT2D eigenvalue weighted by molar-refractivity contribution is 7.92. The van der Waals surface area contributed by atoms with Crippen molar-refractivity contribution in [2.45, 2.75) is 44.9 Å². The van der Waals surface area contributed by atoms with Gasteiger partial charge in [0.2, 0.25) is 11.7 Å². The van der Waals surface area contributed by atoms with Gasteiger partial charge in [-0.3, -0.25) is 4.72 Å². The SMILES string of the molecule is COc1ccc(S(=O)(=O)Nc2ccc(C)c(C)c2)cc1-c1noc(C(C)(C)C)n1. The zero-order chi connectivity index (χ0) is 21.4. The molecule has 1 heterocycles. The minimum Gasteiger partial charge on any atom is -0.496 e. The van der Waals surface area contributed by atoms with Gasteiger partial charge in [0.1, 0.15) is 5.75 Å². The van der Waals surface area contributed by atoms with Crippen LogP contribution in [0.2, 0.25) is 0 Å². The van der Waals surface area contributed by atoms with Crippen molar-refractivity contribution in [3.63, 3.8) is 0 Å². The Balaban J connectivity index is 2.01. The maximum absolute atomic E-state index is 12.9. The van der Waals surface area contributed by atoms with Gasteiger partial charge >= 0.3 is 0 Å². The summed E-state index contributed by atoms with van der Waals surface area (Å²) in [6.07, 6.45) is 0. The first-order valence-electron chi connectivity index (χ1n) is 9.14. The molecule has 0 atom stereocenters. The summed E-state index contributed by atoms with van der Waals surface area (Å²) in [5, 5.41) is 4.01. The molecule has 0 amide bonds. The highest BCUT2D eigenvalue weighted by Gasteiger charge is 2.25. The predicted octanol–water partition coefficient (Wildman–Crippen LogP) is 4.46. The second kappa shape index (κ2) is 7.51. The topological polar surface area (TPSA) is 94.3 Å². The number of ether oxygens (including phenoxy) is 1. The van der Waals surface area contributed by atoms with E-state index >= 15 is 0 Å². The number of nitrogens with zero attached hydrogens (tertiary/aromatic N) is 2. The van der Waals surface area contributed by atoms with Crippen LogP contribution in [-0.2, 0) is 15.4 Å². The highest BCUT2D eigenvalue weighted by Crippen LogP contribution is 2.32. The molecule has 7 nitrogen and oxygen atoms in total. The number of rotatable bonds is 5. The van der Waals surface area contributed by atoms with Gasteiger partial charge in [0.15, 0.2) is 0 Å². The third-order valence-corrected chi connectivity index (χ3v) is 5.93. The van der Waals surface area contributed by atoms with Gasteiger partial charge in [0, 0.05) is 11.1 Å². The Hall–Kier alpha value is -2.87. The average molecular weight is 416 g/mol. The van der Waals surface area contributed by atoms with Crippen LogP contribution < -0.4 is 9.46 Å². The highest BCUT2D eigenvalue weighted by atomic mass is 32.2. The molecular formula is C21H25N3O4S. The number of sulfonamides is 1. The van der Waals surface area contributed by atoms with Crippen LogP contribution in [0.25, 0.3) is 11.4 Å². The van der Waals surface area contributed by atoms with Gasteiger partial charge in [0.05, 0.1) is 17.6 Å². The maximum atomic E-state index is 12.9. The van der Waals surface area contributed by atoms with E-state index in [-0.39, 0.29) is 16.1 Å². The van der Waals surface area contributed by atoms with E-state index in [1.807, 2.05) is 40.7 Å². The summed E-state index contributed by atoms with van der Waals surface area (Å²) in [6.45, 7) is 9.77. The number of anilines is 1. The van der Waals surface area contributed by atoms with Gasteiger partial charge in [-0.15, -0.1) is 0 Å². The Labute approximate surface area is 171 Å². The summed E-state index contributed by atoms with van der Waals surface area (Å²) < 4.78 is 39.2. The van der Waals surface area contributed by atoms with Crippen LogP contribution in [0.4, 0.5) is 5.69 Å². The molecule has 3 rings (SSSR count). The van der Waals surface area contributed by atoms with Crippen molar-refractivity contribution >= 4 is 15.7 Å². The van der Waals surface area contributed by atoms with Gasteiger partial charge < -0.3 is 9.26 Å². The zero-order valence-corrected chi connectivity index (χ0v) is 18.2. The lowest BCUT2D eigenvalue weighted by Crippen LogP contribution is -2.13. The minimum absolute atomic E-state index is 0.0774. The van der Waals surface area contributed by atoms with E-state index in [2.05, 4.69) is 14.9 Å². The van der Waals surface area contributed by atoms with Crippen molar-refractivity contribution in [2.24, 2.45) is 0 Å². The second-order valence-corrected chi connectivity index (χ2v) is 9.62. The Kier molecular flexibility index (Phi) is 5.40. The van der Waals surface area contributed by atoms with E-state index in [0.29, 0.717) is 22.9 Å². The fraction of sp³-hybridized carbons (Fsp3) is 0.333. The third-order valence-electron chi connectivity index (χ3n) is 4.55. The van der Waals surface area contributed by atoms with Crippen LogP contribution in [0.3, 0.4) is 0 Å². The van der Waals surface area contributed by atoms with Crippen molar-refractivity contribution in [2.75, 3.05) is 11.8 Å². The monoisotopic (exact) mass is 415 g/mol. The molecule has 0 bridgehead atoms. The van der Waals surface area contributed by atoms with Crippen LogP contribution >= 0.6 is 0 Å². The molecule has 2 aromatic carbocycles. The number of methoxy groups -OCH3 is 1. The van der Waals surface area contributed by atoms with E-state index in [0.717, 1.165) is 11.1 Å². The molecule has 154 valence electrons. The molecule has 0 spiro atoms. The molecule has 0 aliphatic heterocycles. The molecule has 0 saturated carbocycles. The molecule has 0 saturated heterocycles. The first-order chi connectivity index (χ1) is 13.5. The molecule has 0 aliphatic rings. The lowest BCUT2D eigenvalue weighted by atomic mass is 9.97. The standard InChI is InChI=1S/C21H25N3O4S/c1-13-7-8-15(11-14(13)2)24-29(25,26)16-9-10-18(27-6)17(12-16)19-22-20(28-23-19)21(3,4)5/h7-12,24H,1-6H3.